The number of para-hydroxylation sites is 1. The van der Waals surface area contributed by atoms with Gasteiger partial charge in [-0.15, -0.1) is 0 Å². The van der Waals surface area contributed by atoms with Crippen LogP contribution < -0.4 is 5.32 Å². The van der Waals surface area contributed by atoms with E-state index in [0.29, 0.717) is 11.3 Å². The molecule has 1 heterocycles. The number of carbonyl (C=O) groups is 3. The second-order valence-electron chi connectivity index (χ2n) is 7.02. The second-order valence-corrected chi connectivity index (χ2v) is 7.02. The number of benzene rings is 2. The number of hydrogen-bond donors (Lipinski definition) is 1. The highest BCUT2D eigenvalue weighted by Crippen LogP contribution is 2.23. The fourth-order valence-corrected chi connectivity index (χ4v) is 3.15. The Hall–Kier alpha value is -3.41. The van der Waals surface area contributed by atoms with Crippen molar-refractivity contribution >= 4 is 23.2 Å². The summed E-state index contributed by atoms with van der Waals surface area (Å²) in [6, 6.07) is 10.8. The summed E-state index contributed by atoms with van der Waals surface area (Å²) in [6.07, 6.45) is 0. The van der Waals surface area contributed by atoms with Gasteiger partial charge in [0.25, 0.3) is 0 Å². The molecule has 0 spiro atoms. The molecule has 1 aliphatic heterocycles. The molecule has 29 heavy (non-hydrogen) atoms. The van der Waals surface area contributed by atoms with Crippen LogP contribution in [0.3, 0.4) is 0 Å². The van der Waals surface area contributed by atoms with Crippen LogP contribution in [0.4, 0.5) is 5.69 Å². The standard InChI is InChI=1S/C23H23NO5/c1-13-10-18(16(4)15(3)14(13)2)19(25)11-29-23(27)21-20(26)12-28-22(21)24-17-8-6-5-7-9-17/h5-10,24H,11-12H2,1-4H3. The molecular weight excluding hydrogens is 370 g/mol. The van der Waals surface area contributed by atoms with E-state index >= 15 is 0 Å². The van der Waals surface area contributed by atoms with E-state index in [2.05, 4.69) is 5.32 Å². The smallest absolute Gasteiger partial charge is 0.347 e. The molecule has 1 aliphatic rings. The number of rotatable bonds is 6. The summed E-state index contributed by atoms with van der Waals surface area (Å²) < 4.78 is 10.4. The molecule has 150 valence electrons. The van der Waals surface area contributed by atoms with Crippen LogP contribution in [0.5, 0.6) is 0 Å². The minimum Gasteiger partial charge on any atom is -0.470 e. The molecule has 0 atom stereocenters. The summed E-state index contributed by atoms with van der Waals surface area (Å²) >= 11 is 0. The molecule has 0 saturated heterocycles. The Morgan fingerprint density at radius 3 is 2.41 bits per heavy atom. The molecule has 0 fully saturated rings. The van der Waals surface area contributed by atoms with Crippen molar-refractivity contribution < 1.29 is 23.9 Å². The molecular formula is C23H23NO5. The van der Waals surface area contributed by atoms with Crippen LogP contribution in [0.15, 0.2) is 47.9 Å². The summed E-state index contributed by atoms with van der Waals surface area (Å²) in [4.78, 5) is 37.2. The van der Waals surface area contributed by atoms with E-state index in [4.69, 9.17) is 9.47 Å². The number of anilines is 1. The molecule has 0 aliphatic carbocycles. The number of carbonyl (C=O) groups excluding carboxylic acids is 3. The fourth-order valence-electron chi connectivity index (χ4n) is 3.15. The van der Waals surface area contributed by atoms with Crippen molar-refractivity contribution in [1.82, 2.24) is 0 Å². The van der Waals surface area contributed by atoms with Gasteiger partial charge in [-0.3, -0.25) is 9.59 Å². The van der Waals surface area contributed by atoms with E-state index in [1.807, 2.05) is 45.9 Å². The Kier molecular flexibility index (Phi) is 5.82. The first-order valence-corrected chi connectivity index (χ1v) is 9.29. The van der Waals surface area contributed by atoms with Crippen molar-refractivity contribution in [3.05, 3.63) is 75.7 Å². The lowest BCUT2D eigenvalue weighted by Crippen LogP contribution is -2.21. The van der Waals surface area contributed by atoms with Gasteiger partial charge in [-0.2, -0.15) is 0 Å². The fraction of sp³-hybridized carbons (Fsp3) is 0.261. The predicted molar refractivity (Wildman–Crippen MR) is 109 cm³/mol. The lowest BCUT2D eigenvalue weighted by Gasteiger charge is -2.13. The van der Waals surface area contributed by atoms with Gasteiger partial charge in [0, 0.05) is 11.3 Å². The first-order valence-electron chi connectivity index (χ1n) is 9.29. The van der Waals surface area contributed by atoms with Gasteiger partial charge in [-0.05, 0) is 68.1 Å². The van der Waals surface area contributed by atoms with Gasteiger partial charge in [0.1, 0.15) is 0 Å². The highest BCUT2D eigenvalue weighted by molar-refractivity contribution is 6.20. The SMILES string of the molecule is Cc1cc(C(=O)COC(=O)C2=C(Nc3ccccc3)OCC2=O)c(C)c(C)c1C. The first kappa shape index (κ1) is 20.3. The first-order chi connectivity index (χ1) is 13.8. The van der Waals surface area contributed by atoms with Crippen LogP contribution in [-0.2, 0) is 19.1 Å². The van der Waals surface area contributed by atoms with Gasteiger partial charge in [-0.1, -0.05) is 18.2 Å². The zero-order chi connectivity index (χ0) is 21.1. The number of nitrogens with one attached hydrogen (secondary N) is 1. The summed E-state index contributed by atoms with van der Waals surface area (Å²) in [5.74, 6) is -1.64. The maximum absolute atomic E-state index is 12.6. The van der Waals surface area contributed by atoms with Gasteiger partial charge in [0.05, 0.1) is 0 Å². The van der Waals surface area contributed by atoms with E-state index in [1.165, 1.54) is 0 Å². The number of esters is 1. The highest BCUT2D eigenvalue weighted by Gasteiger charge is 2.33. The summed E-state index contributed by atoms with van der Waals surface area (Å²) in [7, 11) is 0. The zero-order valence-electron chi connectivity index (χ0n) is 16.9. The Morgan fingerprint density at radius 1 is 1.03 bits per heavy atom. The number of ether oxygens (including phenoxy) is 2. The van der Waals surface area contributed by atoms with Crippen molar-refractivity contribution in [2.24, 2.45) is 0 Å². The van der Waals surface area contributed by atoms with E-state index in [-0.39, 0.29) is 23.8 Å². The zero-order valence-corrected chi connectivity index (χ0v) is 16.9. The van der Waals surface area contributed by atoms with Crippen molar-refractivity contribution in [3.8, 4) is 0 Å². The molecule has 6 nitrogen and oxygen atoms in total. The van der Waals surface area contributed by atoms with Gasteiger partial charge < -0.3 is 14.8 Å². The van der Waals surface area contributed by atoms with Crippen LogP contribution in [-0.4, -0.2) is 30.7 Å². The lowest BCUT2D eigenvalue weighted by atomic mass is 9.93. The molecule has 0 unspecified atom stereocenters. The molecule has 0 amide bonds. The average Bonchev–Trinajstić information content (AvgIpc) is 3.07. The lowest BCUT2D eigenvalue weighted by molar-refractivity contribution is -0.139. The number of hydrogen-bond acceptors (Lipinski definition) is 6. The van der Waals surface area contributed by atoms with Gasteiger partial charge in [-0.25, -0.2) is 4.79 Å². The summed E-state index contributed by atoms with van der Waals surface area (Å²) in [5.41, 5.74) is 5.00. The molecule has 2 aromatic carbocycles. The van der Waals surface area contributed by atoms with E-state index < -0.39 is 18.4 Å². The third-order valence-corrected chi connectivity index (χ3v) is 5.21. The molecule has 0 saturated carbocycles. The molecule has 3 rings (SSSR count). The number of aryl methyl sites for hydroxylation is 1. The van der Waals surface area contributed by atoms with Crippen LogP contribution in [0.25, 0.3) is 0 Å². The van der Waals surface area contributed by atoms with Crippen molar-refractivity contribution in [3.63, 3.8) is 0 Å². The molecule has 6 heteroatoms. The molecule has 0 bridgehead atoms. The topological polar surface area (TPSA) is 81.7 Å². The summed E-state index contributed by atoms with van der Waals surface area (Å²) in [6.45, 7) is 7.08. The maximum atomic E-state index is 12.6. The minimum atomic E-state index is -0.877. The average molecular weight is 393 g/mol. The Labute approximate surface area is 169 Å². The molecule has 0 radical (unpaired) electrons. The third-order valence-electron chi connectivity index (χ3n) is 5.21. The number of ketones is 2. The molecule has 1 N–H and O–H groups in total. The van der Waals surface area contributed by atoms with Crippen LogP contribution >= 0.6 is 0 Å². The van der Waals surface area contributed by atoms with E-state index in [0.717, 1.165) is 22.3 Å². The molecule has 2 aromatic rings. The van der Waals surface area contributed by atoms with Crippen molar-refractivity contribution in [2.75, 3.05) is 18.5 Å². The third kappa shape index (κ3) is 4.21. The quantitative estimate of drug-likeness (QED) is 0.459. The van der Waals surface area contributed by atoms with Gasteiger partial charge in [0.15, 0.2) is 18.8 Å². The number of Topliss-reactive ketones (excluding diaryl/α,β-unsaturated/α-hetero) is 2. The van der Waals surface area contributed by atoms with Gasteiger partial charge >= 0.3 is 5.97 Å². The summed E-state index contributed by atoms with van der Waals surface area (Å²) in [5, 5.41) is 2.90. The Bertz CT molecular complexity index is 1020. The Morgan fingerprint density at radius 2 is 1.72 bits per heavy atom. The van der Waals surface area contributed by atoms with Crippen molar-refractivity contribution in [1.29, 1.82) is 0 Å². The predicted octanol–water partition coefficient (Wildman–Crippen LogP) is 3.57. The maximum Gasteiger partial charge on any atom is 0.347 e. The molecule has 0 aromatic heterocycles. The normalized spacial score (nSPS) is 13.3. The van der Waals surface area contributed by atoms with Crippen LogP contribution in [0.1, 0.15) is 32.6 Å². The van der Waals surface area contributed by atoms with Crippen molar-refractivity contribution in [2.45, 2.75) is 27.7 Å². The monoisotopic (exact) mass is 393 g/mol. The van der Waals surface area contributed by atoms with E-state index in [1.54, 1.807) is 18.2 Å². The minimum absolute atomic E-state index is 0.0388. The van der Waals surface area contributed by atoms with Crippen LogP contribution in [0.2, 0.25) is 0 Å². The van der Waals surface area contributed by atoms with Crippen LogP contribution in [0, 0.1) is 27.7 Å². The van der Waals surface area contributed by atoms with Gasteiger partial charge in [0.2, 0.25) is 17.4 Å². The second kappa shape index (κ2) is 8.31. The highest BCUT2D eigenvalue weighted by atomic mass is 16.5. The Balaban J connectivity index is 1.75. The van der Waals surface area contributed by atoms with E-state index in [9.17, 15) is 14.4 Å². The largest absolute Gasteiger partial charge is 0.470 e.